The first-order valence-electron chi connectivity index (χ1n) is 7.15. The Morgan fingerprint density at radius 2 is 1.83 bits per heavy atom. The third kappa shape index (κ3) is 4.82. The number of hydrogen-bond acceptors (Lipinski definition) is 4. The van der Waals surface area contributed by atoms with Crippen LogP contribution < -0.4 is 4.83 Å². The van der Waals surface area contributed by atoms with Gasteiger partial charge in [-0.15, -0.1) is 0 Å². The van der Waals surface area contributed by atoms with Crippen molar-refractivity contribution in [2.45, 2.75) is 31.1 Å². The molecule has 0 bridgehead atoms. The molecule has 0 aliphatic heterocycles. The fraction of sp³-hybridized carbons (Fsp3) is 0.235. The maximum atomic E-state index is 12.1. The Labute approximate surface area is 136 Å². The first kappa shape index (κ1) is 17.0. The van der Waals surface area contributed by atoms with E-state index in [9.17, 15) is 8.42 Å². The predicted molar refractivity (Wildman–Crippen MR) is 91.7 cm³/mol. The molecule has 1 N–H and O–H groups in total. The summed E-state index contributed by atoms with van der Waals surface area (Å²) in [6.45, 7) is 6.22. The van der Waals surface area contributed by atoms with E-state index in [2.05, 4.69) is 30.7 Å². The summed E-state index contributed by atoms with van der Waals surface area (Å²) in [5.41, 5.74) is 1.05. The van der Waals surface area contributed by atoms with Gasteiger partial charge in [0.2, 0.25) is 0 Å². The van der Waals surface area contributed by atoms with Crippen molar-refractivity contribution in [1.29, 1.82) is 0 Å². The van der Waals surface area contributed by atoms with Gasteiger partial charge in [0, 0.05) is 6.21 Å². The van der Waals surface area contributed by atoms with E-state index in [4.69, 9.17) is 4.42 Å². The van der Waals surface area contributed by atoms with E-state index in [1.807, 2.05) is 12.1 Å². The van der Waals surface area contributed by atoms with Crippen molar-refractivity contribution in [3.05, 3.63) is 60.1 Å². The van der Waals surface area contributed by atoms with E-state index < -0.39 is 10.0 Å². The third-order valence-corrected chi connectivity index (χ3v) is 4.41. The topological polar surface area (TPSA) is 71.7 Å². The fourth-order valence-electron chi connectivity index (χ4n) is 1.85. The highest BCUT2D eigenvalue weighted by molar-refractivity contribution is 7.89. The van der Waals surface area contributed by atoms with Crippen molar-refractivity contribution < 1.29 is 12.8 Å². The molecule has 0 fully saturated rings. The van der Waals surface area contributed by atoms with E-state index in [-0.39, 0.29) is 10.3 Å². The van der Waals surface area contributed by atoms with Crippen LogP contribution in [-0.2, 0) is 15.4 Å². The normalized spacial score (nSPS) is 13.0. The molecule has 6 heteroatoms. The molecule has 0 saturated carbocycles. The number of hydrazone groups is 1. The van der Waals surface area contributed by atoms with Gasteiger partial charge in [-0.2, -0.15) is 13.5 Å². The van der Waals surface area contributed by atoms with Crippen molar-refractivity contribution in [2.75, 3.05) is 0 Å². The van der Waals surface area contributed by atoms with Gasteiger partial charge in [0.15, 0.2) is 0 Å². The van der Waals surface area contributed by atoms with Gasteiger partial charge in [-0.1, -0.05) is 32.9 Å². The Kier molecular flexibility index (Phi) is 5.05. The number of furan rings is 1. The smallest absolute Gasteiger partial charge is 0.276 e. The Morgan fingerprint density at radius 3 is 2.39 bits per heavy atom. The van der Waals surface area contributed by atoms with Gasteiger partial charge < -0.3 is 4.42 Å². The molecule has 1 aromatic heterocycles. The standard InChI is InChI=1S/C17H20N2O3S/c1-17(2,3)14-8-10-16(11-9-14)23(20,21)19-18-12-4-6-15-7-5-13-22-15/h4-13,19H,1-3H3/b6-4+,18-12+. The highest BCUT2D eigenvalue weighted by Crippen LogP contribution is 2.23. The van der Waals surface area contributed by atoms with Crippen LogP contribution in [0.15, 0.2) is 63.2 Å². The molecule has 1 heterocycles. The first-order valence-corrected chi connectivity index (χ1v) is 8.63. The molecule has 0 aliphatic carbocycles. The van der Waals surface area contributed by atoms with Gasteiger partial charge in [-0.3, -0.25) is 0 Å². The van der Waals surface area contributed by atoms with Crippen LogP contribution in [0, 0.1) is 0 Å². The number of rotatable bonds is 5. The van der Waals surface area contributed by atoms with E-state index in [1.54, 1.807) is 42.7 Å². The minimum atomic E-state index is -3.66. The van der Waals surface area contributed by atoms with Gasteiger partial charge >= 0.3 is 0 Å². The summed E-state index contributed by atoms with van der Waals surface area (Å²) in [5, 5.41) is 3.70. The van der Waals surface area contributed by atoms with Crippen LogP contribution in [0.4, 0.5) is 0 Å². The lowest BCUT2D eigenvalue weighted by molar-refractivity contribution is 0.557. The third-order valence-electron chi connectivity index (χ3n) is 3.17. The molecule has 1 aromatic carbocycles. The SMILES string of the molecule is CC(C)(C)c1ccc(S(=O)(=O)N/N=C/C=C/c2ccco2)cc1. The number of allylic oxidation sites excluding steroid dienone is 1. The van der Waals surface area contributed by atoms with Crippen LogP contribution in [0.5, 0.6) is 0 Å². The summed E-state index contributed by atoms with van der Waals surface area (Å²) >= 11 is 0. The van der Waals surface area contributed by atoms with Crippen molar-refractivity contribution in [3.8, 4) is 0 Å². The van der Waals surface area contributed by atoms with E-state index >= 15 is 0 Å². The summed E-state index contributed by atoms with van der Waals surface area (Å²) in [6.07, 6.45) is 6.17. The van der Waals surface area contributed by atoms with Crippen LogP contribution in [0.25, 0.3) is 6.08 Å². The number of sulfonamides is 1. The maximum absolute atomic E-state index is 12.1. The molecular formula is C17H20N2O3S. The van der Waals surface area contributed by atoms with Gasteiger partial charge in [-0.05, 0) is 47.4 Å². The second-order valence-corrected chi connectivity index (χ2v) is 7.68. The molecule has 122 valence electrons. The molecule has 23 heavy (non-hydrogen) atoms. The molecule has 0 atom stereocenters. The van der Waals surface area contributed by atoms with Crippen LogP contribution >= 0.6 is 0 Å². The second kappa shape index (κ2) is 6.83. The van der Waals surface area contributed by atoms with E-state index in [0.717, 1.165) is 5.56 Å². The van der Waals surface area contributed by atoms with Gasteiger partial charge in [0.25, 0.3) is 10.0 Å². The Hall–Kier alpha value is -2.34. The molecular weight excluding hydrogens is 312 g/mol. The van der Waals surface area contributed by atoms with E-state index in [1.165, 1.54) is 6.21 Å². The molecule has 0 unspecified atom stereocenters. The number of nitrogens with zero attached hydrogens (tertiary/aromatic N) is 1. The maximum Gasteiger partial charge on any atom is 0.276 e. The summed E-state index contributed by atoms with van der Waals surface area (Å²) in [7, 11) is -3.66. The van der Waals surface area contributed by atoms with Crippen molar-refractivity contribution in [3.63, 3.8) is 0 Å². The predicted octanol–water partition coefficient (Wildman–Crippen LogP) is 3.55. The zero-order valence-corrected chi connectivity index (χ0v) is 14.2. The average Bonchev–Trinajstić information content (AvgIpc) is 2.99. The fourth-order valence-corrected chi connectivity index (χ4v) is 2.65. The van der Waals surface area contributed by atoms with Gasteiger partial charge in [0.05, 0.1) is 11.2 Å². The lowest BCUT2D eigenvalue weighted by atomic mass is 9.87. The monoisotopic (exact) mass is 332 g/mol. The van der Waals surface area contributed by atoms with E-state index in [0.29, 0.717) is 5.76 Å². The lowest BCUT2D eigenvalue weighted by Crippen LogP contribution is -2.18. The largest absolute Gasteiger partial charge is 0.465 e. The van der Waals surface area contributed by atoms with Gasteiger partial charge in [-0.25, -0.2) is 4.83 Å². The number of nitrogens with one attached hydrogen (secondary N) is 1. The highest BCUT2D eigenvalue weighted by Gasteiger charge is 2.16. The van der Waals surface area contributed by atoms with Crippen LogP contribution in [-0.4, -0.2) is 14.6 Å². The summed E-state index contributed by atoms with van der Waals surface area (Å²) in [6, 6.07) is 10.3. The molecule has 2 aromatic rings. The van der Waals surface area contributed by atoms with Crippen molar-refractivity contribution in [2.24, 2.45) is 5.10 Å². The minimum Gasteiger partial charge on any atom is -0.465 e. The van der Waals surface area contributed by atoms with Gasteiger partial charge in [0.1, 0.15) is 5.76 Å². The minimum absolute atomic E-state index is 0.0233. The average molecular weight is 332 g/mol. The number of hydrogen-bond donors (Lipinski definition) is 1. The summed E-state index contributed by atoms with van der Waals surface area (Å²) in [5.74, 6) is 0.664. The highest BCUT2D eigenvalue weighted by atomic mass is 32.2. The molecule has 5 nitrogen and oxygen atoms in total. The Bertz CT molecular complexity index is 781. The van der Waals surface area contributed by atoms with Crippen LogP contribution in [0.1, 0.15) is 32.1 Å². The summed E-state index contributed by atoms with van der Waals surface area (Å²) in [4.78, 5) is 2.35. The molecule has 0 radical (unpaired) electrons. The summed E-state index contributed by atoms with van der Waals surface area (Å²) < 4.78 is 29.3. The Morgan fingerprint density at radius 1 is 1.13 bits per heavy atom. The molecule has 0 amide bonds. The second-order valence-electron chi connectivity index (χ2n) is 6.02. The van der Waals surface area contributed by atoms with Crippen molar-refractivity contribution in [1.82, 2.24) is 4.83 Å². The Balaban J connectivity index is 2.01. The zero-order valence-electron chi connectivity index (χ0n) is 13.4. The molecule has 0 aliphatic rings. The zero-order chi connectivity index (χ0) is 16.9. The molecule has 0 saturated heterocycles. The quantitative estimate of drug-likeness (QED) is 0.672. The number of benzene rings is 1. The van der Waals surface area contributed by atoms with Crippen LogP contribution in [0.2, 0.25) is 0 Å². The lowest BCUT2D eigenvalue weighted by Gasteiger charge is -2.19. The van der Waals surface area contributed by atoms with Crippen LogP contribution in [0.3, 0.4) is 0 Å². The molecule has 0 spiro atoms. The molecule has 2 rings (SSSR count). The van der Waals surface area contributed by atoms with Crippen molar-refractivity contribution >= 4 is 22.3 Å². The first-order chi connectivity index (χ1) is 10.8.